The Labute approximate surface area is 153 Å². The van der Waals surface area contributed by atoms with Gasteiger partial charge in [0.2, 0.25) is 0 Å². The van der Waals surface area contributed by atoms with Crippen LogP contribution in [0.3, 0.4) is 0 Å². The number of benzene rings is 3. The number of H-pyrrole nitrogens is 1. The standard InChI is InChI=1S/C24H21NO/c1-17-8-7-11-19(14-17)21(15-24(26)18-9-3-2-4-10-18)22-16-25-23-13-6-5-12-20(22)23/h2-14,16,21,25H,15H2,1H3/t21-/m0/s1. The molecule has 0 radical (unpaired) electrons. The van der Waals surface area contributed by atoms with Crippen LogP contribution in [-0.4, -0.2) is 10.8 Å². The predicted octanol–water partition coefficient (Wildman–Crippen LogP) is 5.88. The van der Waals surface area contributed by atoms with Crippen LogP contribution in [0.25, 0.3) is 10.9 Å². The first-order chi connectivity index (χ1) is 12.7. The molecule has 26 heavy (non-hydrogen) atoms. The summed E-state index contributed by atoms with van der Waals surface area (Å²) in [4.78, 5) is 16.3. The predicted molar refractivity (Wildman–Crippen MR) is 107 cm³/mol. The van der Waals surface area contributed by atoms with Crippen molar-refractivity contribution in [2.24, 2.45) is 0 Å². The minimum Gasteiger partial charge on any atom is -0.361 e. The summed E-state index contributed by atoms with van der Waals surface area (Å²) in [6.45, 7) is 2.09. The number of aromatic nitrogens is 1. The van der Waals surface area contributed by atoms with Gasteiger partial charge in [-0.15, -0.1) is 0 Å². The lowest BCUT2D eigenvalue weighted by molar-refractivity contribution is 0.0978. The monoisotopic (exact) mass is 339 g/mol. The molecule has 0 unspecified atom stereocenters. The van der Waals surface area contributed by atoms with E-state index in [1.807, 2.05) is 42.5 Å². The van der Waals surface area contributed by atoms with Gasteiger partial charge in [-0.05, 0) is 24.1 Å². The van der Waals surface area contributed by atoms with E-state index < -0.39 is 0 Å². The number of rotatable bonds is 5. The molecule has 1 atom stereocenters. The van der Waals surface area contributed by atoms with Gasteiger partial charge in [-0.25, -0.2) is 0 Å². The molecule has 0 bridgehead atoms. The molecule has 128 valence electrons. The van der Waals surface area contributed by atoms with Crippen molar-refractivity contribution >= 4 is 16.7 Å². The second-order valence-corrected chi connectivity index (χ2v) is 6.75. The third-order valence-electron chi connectivity index (χ3n) is 4.93. The number of aromatic amines is 1. The highest BCUT2D eigenvalue weighted by Gasteiger charge is 2.22. The Kier molecular flexibility index (Phi) is 4.40. The lowest BCUT2D eigenvalue weighted by Gasteiger charge is -2.17. The Bertz CT molecular complexity index is 1050. The summed E-state index contributed by atoms with van der Waals surface area (Å²) in [6.07, 6.45) is 2.51. The van der Waals surface area contributed by atoms with Crippen LogP contribution in [0.2, 0.25) is 0 Å². The van der Waals surface area contributed by atoms with Crippen LogP contribution in [0.5, 0.6) is 0 Å². The normalized spacial score (nSPS) is 12.2. The Hall–Kier alpha value is -3.13. The fourth-order valence-corrected chi connectivity index (χ4v) is 3.60. The first kappa shape index (κ1) is 16.3. The number of hydrogen-bond acceptors (Lipinski definition) is 1. The molecular weight excluding hydrogens is 318 g/mol. The molecule has 1 heterocycles. The molecular formula is C24H21NO. The highest BCUT2D eigenvalue weighted by Crippen LogP contribution is 2.34. The summed E-state index contributed by atoms with van der Waals surface area (Å²) in [7, 11) is 0. The lowest BCUT2D eigenvalue weighted by atomic mass is 9.85. The number of carbonyl (C=O) groups excluding carboxylic acids is 1. The molecule has 2 nitrogen and oxygen atoms in total. The van der Waals surface area contributed by atoms with Crippen molar-refractivity contribution in [3.05, 3.63) is 107 Å². The number of Topliss-reactive ketones (excluding diaryl/α,β-unsaturated/α-hetero) is 1. The Morgan fingerprint density at radius 1 is 0.923 bits per heavy atom. The minimum atomic E-state index is 0.0266. The third kappa shape index (κ3) is 3.18. The van der Waals surface area contributed by atoms with Crippen molar-refractivity contribution in [3.8, 4) is 0 Å². The highest BCUT2D eigenvalue weighted by molar-refractivity contribution is 5.97. The summed E-state index contributed by atoms with van der Waals surface area (Å²) in [6, 6.07) is 26.3. The maximum absolute atomic E-state index is 12.9. The highest BCUT2D eigenvalue weighted by atomic mass is 16.1. The summed E-state index contributed by atoms with van der Waals surface area (Å²) >= 11 is 0. The molecule has 2 heteroatoms. The molecule has 0 aliphatic rings. The molecule has 0 amide bonds. The maximum Gasteiger partial charge on any atom is 0.163 e. The van der Waals surface area contributed by atoms with Crippen LogP contribution in [0.15, 0.2) is 85.1 Å². The zero-order chi connectivity index (χ0) is 17.9. The van der Waals surface area contributed by atoms with E-state index >= 15 is 0 Å². The van der Waals surface area contributed by atoms with Gasteiger partial charge in [-0.3, -0.25) is 4.79 Å². The number of nitrogens with one attached hydrogen (secondary N) is 1. The SMILES string of the molecule is Cc1cccc([C@H](CC(=O)c2ccccc2)c2c[nH]c3ccccc23)c1. The van der Waals surface area contributed by atoms with Gasteiger partial charge in [-0.1, -0.05) is 78.4 Å². The first-order valence-corrected chi connectivity index (χ1v) is 8.93. The van der Waals surface area contributed by atoms with Gasteiger partial charge >= 0.3 is 0 Å². The Balaban J connectivity index is 1.78. The van der Waals surface area contributed by atoms with Gasteiger partial charge < -0.3 is 4.98 Å². The van der Waals surface area contributed by atoms with Crippen molar-refractivity contribution < 1.29 is 4.79 Å². The van der Waals surface area contributed by atoms with Crippen LogP contribution >= 0.6 is 0 Å². The zero-order valence-corrected chi connectivity index (χ0v) is 14.8. The molecule has 4 aromatic rings. The average Bonchev–Trinajstić information content (AvgIpc) is 3.10. The zero-order valence-electron chi connectivity index (χ0n) is 14.8. The Morgan fingerprint density at radius 3 is 2.50 bits per heavy atom. The van der Waals surface area contributed by atoms with Crippen molar-refractivity contribution in [2.45, 2.75) is 19.3 Å². The van der Waals surface area contributed by atoms with Crippen molar-refractivity contribution in [1.82, 2.24) is 4.98 Å². The third-order valence-corrected chi connectivity index (χ3v) is 4.93. The fraction of sp³-hybridized carbons (Fsp3) is 0.125. The van der Waals surface area contributed by atoms with E-state index in [1.54, 1.807) is 0 Å². The topological polar surface area (TPSA) is 32.9 Å². The van der Waals surface area contributed by atoms with Crippen LogP contribution in [0.4, 0.5) is 0 Å². The van der Waals surface area contributed by atoms with E-state index in [2.05, 4.69) is 54.5 Å². The number of fused-ring (bicyclic) bond motifs is 1. The van der Waals surface area contributed by atoms with Gasteiger partial charge in [0, 0.05) is 35.0 Å². The molecule has 0 saturated carbocycles. The second kappa shape index (κ2) is 7.01. The van der Waals surface area contributed by atoms with E-state index in [0.29, 0.717) is 6.42 Å². The van der Waals surface area contributed by atoms with Crippen LogP contribution in [-0.2, 0) is 0 Å². The second-order valence-electron chi connectivity index (χ2n) is 6.75. The van der Waals surface area contributed by atoms with Gasteiger partial charge in [0.25, 0.3) is 0 Å². The van der Waals surface area contributed by atoms with Crippen LogP contribution in [0, 0.1) is 6.92 Å². The van der Waals surface area contributed by atoms with Crippen LogP contribution < -0.4 is 0 Å². The summed E-state index contributed by atoms with van der Waals surface area (Å²) in [5.74, 6) is 0.196. The summed E-state index contributed by atoms with van der Waals surface area (Å²) < 4.78 is 0. The van der Waals surface area contributed by atoms with E-state index in [0.717, 1.165) is 11.1 Å². The summed E-state index contributed by atoms with van der Waals surface area (Å²) in [5, 5.41) is 1.18. The van der Waals surface area contributed by atoms with Crippen molar-refractivity contribution in [1.29, 1.82) is 0 Å². The van der Waals surface area contributed by atoms with Gasteiger partial charge in [0.1, 0.15) is 0 Å². The molecule has 4 rings (SSSR count). The average molecular weight is 339 g/mol. The number of ketones is 1. The first-order valence-electron chi connectivity index (χ1n) is 8.93. The molecule has 0 aliphatic heterocycles. The van der Waals surface area contributed by atoms with E-state index in [-0.39, 0.29) is 11.7 Å². The molecule has 1 aromatic heterocycles. The summed E-state index contributed by atoms with van der Waals surface area (Å²) in [5.41, 5.74) is 5.44. The van der Waals surface area contributed by atoms with Crippen LogP contribution in [0.1, 0.15) is 39.4 Å². The number of aryl methyl sites for hydroxylation is 1. The van der Waals surface area contributed by atoms with Gasteiger partial charge in [0.15, 0.2) is 5.78 Å². The van der Waals surface area contributed by atoms with Crippen molar-refractivity contribution in [3.63, 3.8) is 0 Å². The van der Waals surface area contributed by atoms with Gasteiger partial charge in [-0.2, -0.15) is 0 Å². The molecule has 1 N–H and O–H groups in total. The van der Waals surface area contributed by atoms with E-state index in [4.69, 9.17) is 0 Å². The number of hydrogen-bond donors (Lipinski definition) is 1. The quantitative estimate of drug-likeness (QED) is 0.452. The molecule has 0 aliphatic carbocycles. The molecule has 0 saturated heterocycles. The number of carbonyl (C=O) groups is 1. The number of para-hydroxylation sites is 1. The van der Waals surface area contributed by atoms with Crippen molar-refractivity contribution in [2.75, 3.05) is 0 Å². The molecule has 0 spiro atoms. The minimum absolute atomic E-state index is 0.0266. The fourth-order valence-electron chi connectivity index (χ4n) is 3.60. The van der Waals surface area contributed by atoms with Gasteiger partial charge in [0.05, 0.1) is 0 Å². The van der Waals surface area contributed by atoms with E-state index in [9.17, 15) is 4.79 Å². The smallest absolute Gasteiger partial charge is 0.163 e. The van der Waals surface area contributed by atoms with E-state index in [1.165, 1.54) is 22.1 Å². The lowest BCUT2D eigenvalue weighted by Crippen LogP contribution is -2.09. The molecule has 0 fully saturated rings. The maximum atomic E-state index is 12.9. The largest absolute Gasteiger partial charge is 0.361 e. The molecule has 3 aromatic carbocycles. The Morgan fingerprint density at radius 2 is 1.69 bits per heavy atom.